The molecule has 2 aliphatic carbocycles. The van der Waals surface area contributed by atoms with Gasteiger partial charge in [-0.1, -0.05) is 33.8 Å². The zero-order chi connectivity index (χ0) is 13.9. The molecule has 1 spiro atoms. The fourth-order valence-corrected chi connectivity index (χ4v) is 5.79. The normalized spacial score (nSPS) is 49.4. The van der Waals surface area contributed by atoms with Crippen LogP contribution in [0.3, 0.4) is 0 Å². The maximum Gasteiger partial charge on any atom is 0.0949 e. The van der Waals surface area contributed by atoms with E-state index >= 15 is 0 Å². The van der Waals surface area contributed by atoms with E-state index in [4.69, 9.17) is 4.74 Å². The van der Waals surface area contributed by atoms with E-state index in [1.165, 1.54) is 50.5 Å². The molecule has 3 rings (SSSR count). The summed E-state index contributed by atoms with van der Waals surface area (Å²) in [5.41, 5.74) is 2.17. The molecule has 2 saturated carbocycles. The van der Waals surface area contributed by atoms with Gasteiger partial charge >= 0.3 is 0 Å². The summed E-state index contributed by atoms with van der Waals surface area (Å²) in [6, 6.07) is 0. The molecule has 3 aliphatic rings. The van der Waals surface area contributed by atoms with Crippen molar-refractivity contribution in [2.45, 2.75) is 84.3 Å². The standard InChI is InChI=1S/C18H30O/c1-13-7-8-15-16(3,4)10-6-11-17(15,5)18(13)12-9-14(2)19-18/h14-15H,1,6-12H2,2-5H3. The number of rotatable bonds is 0. The van der Waals surface area contributed by atoms with Gasteiger partial charge in [0.05, 0.1) is 11.7 Å². The van der Waals surface area contributed by atoms with Crippen LogP contribution < -0.4 is 0 Å². The smallest absolute Gasteiger partial charge is 0.0949 e. The highest BCUT2D eigenvalue weighted by molar-refractivity contribution is 5.27. The van der Waals surface area contributed by atoms with Crippen molar-refractivity contribution in [3.05, 3.63) is 12.2 Å². The second-order valence-electron chi connectivity index (χ2n) is 8.25. The van der Waals surface area contributed by atoms with Crippen molar-refractivity contribution in [2.75, 3.05) is 0 Å². The van der Waals surface area contributed by atoms with E-state index in [0.29, 0.717) is 16.9 Å². The highest BCUT2D eigenvalue weighted by atomic mass is 16.5. The first-order chi connectivity index (χ1) is 8.82. The Bertz CT molecular complexity index is 396. The molecule has 0 aromatic carbocycles. The van der Waals surface area contributed by atoms with E-state index in [9.17, 15) is 0 Å². The molecule has 0 N–H and O–H groups in total. The third-order valence-electron chi connectivity index (χ3n) is 6.76. The molecule has 108 valence electrons. The fraction of sp³-hybridized carbons (Fsp3) is 0.889. The Morgan fingerprint density at radius 3 is 2.47 bits per heavy atom. The lowest BCUT2D eigenvalue weighted by atomic mass is 9.45. The van der Waals surface area contributed by atoms with Crippen molar-refractivity contribution in [2.24, 2.45) is 16.7 Å². The number of hydrogen-bond donors (Lipinski definition) is 0. The van der Waals surface area contributed by atoms with E-state index in [-0.39, 0.29) is 5.60 Å². The molecule has 0 bridgehead atoms. The monoisotopic (exact) mass is 262 g/mol. The van der Waals surface area contributed by atoms with Crippen LogP contribution in [0.5, 0.6) is 0 Å². The topological polar surface area (TPSA) is 9.23 Å². The first-order valence-electron chi connectivity index (χ1n) is 8.18. The zero-order valence-corrected chi connectivity index (χ0v) is 13.2. The van der Waals surface area contributed by atoms with Gasteiger partial charge in [-0.05, 0) is 62.4 Å². The highest BCUT2D eigenvalue weighted by Gasteiger charge is 2.63. The molecular weight excluding hydrogens is 232 g/mol. The highest BCUT2D eigenvalue weighted by Crippen LogP contribution is 2.66. The third kappa shape index (κ3) is 1.70. The van der Waals surface area contributed by atoms with Crippen LogP contribution in [0.1, 0.15) is 72.6 Å². The van der Waals surface area contributed by atoms with Crippen LogP contribution >= 0.6 is 0 Å². The van der Waals surface area contributed by atoms with Gasteiger partial charge in [0, 0.05) is 5.41 Å². The van der Waals surface area contributed by atoms with Crippen LogP contribution in [-0.4, -0.2) is 11.7 Å². The molecule has 3 fully saturated rings. The lowest BCUT2D eigenvalue weighted by molar-refractivity contribution is -0.173. The predicted octanol–water partition coefficient (Wildman–Crippen LogP) is 5.11. The van der Waals surface area contributed by atoms with Gasteiger partial charge in [-0.2, -0.15) is 0 Å². The first-order valence-corrected chi connectivity index (χ1v) is 8.18. The van der Waals surface area contributed by atoms with E-state index in [1.54, 1.807) is 0 Å². The van der Waals surface area contributed by atoms with Crippen LogP contribution in [0.25, 0.3) is 0 Å². The average molecular weight is 262 g/mol. The number of ether oxygens (including phenoxy) is 1. The van der Waals surface area contributed by atoms with Crippen LogP contribution in [0.15, 0.2) is 12.2 Å². The Labute approximate surface area is 118 Å². The van der Waals surface area contributed by atoms with Gasteiger partial charge < -0.3 is 4.74 Å². The SMILES string of the molecule is C=C1CCC2C(C)(C)CCCC2(C)C12CCC(C)O2. The van der Waals surface area contributed by atoms with Crippen molar-refractivity contribution in [1.82, 2.24) is 0 Å². The minimum Gasteiger partial charge on any atom is -0.367 e. The van der Waals surface area contributed by atoms with Crippen molar-refractivity contribution < 1.29 is 4.74 Å². The molecule has 1 heterocycles. The summed E-state index contributed by atoms with van der Waals surface area (Å²) in [6.07, 6.45) is 9.39. The largest absolute Gasteiger partial charge is 0.367 e. The summed E-state index contributed by atoms with van der Waals surface area (Å²) in [4.78, 5) is 0. The summed E-state index contributed by atoms with van der Waals surface area (Å²) in [5, 5.41) is 0. The molecule has 1 aliphatic heterocycles. The molecule has 1 heteroatoms. The molecule has 4 unspecified atom stereocenters. The quantitative estimate of drug-likeness (QED) is 0.551. The van der Waals surface area contributed by atoms with E-state index < -0.39 is 0 Å². The van der Waals surface area contributed by atoms with Gasteiger partial charge in [0.25, 0.3) is 0 Å². The lowest BCUT2D eigenvalue weighted by Gasteiger charge is -2.62. The number of fused-ring (bicyclic) bond motifs is 2. The van der Waals surface area contributed by atoms with Gasteiger partial charge in [-0.3, -0.25) is 0 Å². The van der Waals surface area contributed by atoms with Gasteiger partial charge in [0.2, 0.25) is 0 Å². The van der Waals surface area contributed by atoms with Crippen LogP contribution in [-0.2, 0) is 4.74 Å². The van der Waals surface area contributed by atoms with Crippen LogP contribution in [0.4, 0.5) is 0 Å². The zero-order valence-electron chi connectivity index (χ0n) is 13.2. The molecule has 4 atom stereocenters. The van der Waals surface area contributed by atoms with Gasteiger partial charge in [0.1, 0.15) is 0 Å². The molecule has 0 amide bonds. The molecule has 0 aromatic heterocycles. The Kier molecular flexibility index (Phi) is 2.95. The van der Waals surface area contributed by atoms with Crippen molar-refractivity contribution in [3.8, 4) is 0 Å². The molecule has 19 heavy (non-hydrogen) atoms. The van der Waals surface area contributed by atoms with E-state index in [0.717, 1.165) is 5.92 Å². The van der Waals surface area contributed by atoms with Gasteiger partial charge in [-0.15, -0.1) is 0 Å². The fourth-order valence-electron chi connectivity index (χ4n) is 5.79. The summed E-state index contributed by atoms with van der Waals surface area (Å²) in [5.74, 6) is 0.796. The summed E-state index contributed by atoms with van der Waals surface area (Å²) < 4.78 is 6.57. The van der Waals surface area contributed by atoms with Crippen LogP contribution in [0.2, 0.25) is 0 Å². The van der Waals surface area contributed by atoms with E-state index in [1.807, 2.05) is 0 Å². The first kappa shape index (κ1) is 13.7. The molecule has 0 aromatic rings. The Morgan fingerprint density at radius 1 is 1.11 bits per heavy atom. The molecular formula is C18H30O. The lowest BCUT2D eigenvalue weighted by Crippen LogP contribution is -2.59. The minimum atomic E-state index is -0.00692. The Balaban J connectivity index is 2.05. The van der Waals surface area contributed by atoms with Gasteiger partial charge in [-0.25, -0.2) is 0 Å². The third-order valence-corrected chi connectivity index (χ3v) is 6.76. The summed E-state index contributed by atoms with van der Waals surface area (Å²) in [6.45, 7) is 14.2. The maximum absolute atomic E-state index is 6.57. The molecule has 1 nitrogen and oxygen atoms in total. The van der Waals surface area contributed by atoms with Gasteiger partial charge in [0.15, 0.2) is 0 Å². The summed E-state index contributed by atoms with van der Waals surface area (Å²) in [7, 11) is 0. The Hall–Kier alpha value is -0.300. The second-order valence-corrected chi connectivity index (χ2v) is 8.25. The van der Waals surface area contributed by atoms with Crippen LogP contribution in [0, 0.1) is 16.7 Å². The molecule has 0 radical (unpaired) electrons. The second kappa shape index (κ2) is 4.10. The van der Waals surface area contributed by atoms with Crippen molar-refractivity contribution >= 4 is 0 Å². The minimum absolute atomic E-state index is 0.00692. The number of hydrogen-bond acceptors (Lipinski definition) is 1. The van der Waals surface area contributed by atoms with E-state index in [2.05, 4.69) is 34.3 Å². The average Bonchev–Trinajstić information content (AvgIpc) is 2.69. The van der Waals surface area contributed by atoms with Crippen molar-refractivity contribution in [1.29, 1.82) is 0 Å². The summed E-state index contributed by atoms with van der Waals surface area (Å²) >= 11 is 0. The Morgan fingerprint density at radius 2 is 1.84 bits per heavy atom. The predicted molar refractivity (Wildman–Crippen MR) is 80.1 cm³/mol. The molecule has 1 saturated heterocycles. The maximum atomic E-state index is 6.57. The van der Waals surface area contributed by atoms with Crippen molar-refractivity contribution in [3.63, 3.8) is 0 Å².